The normalized spacial score (nSPS) is 9.27. The Labute approximate surface area is 69.5 Å². The van der Waals surface area contributed by atoms with Crippen LogP contribution in [0.15, 0.2) is 18.2 Å². The molecule has 0 saturated carbocycles. The van der Waals surface area contributed by atoms with E-state index in [1.54, 1.807) is 12.1 Å². The molecule has 0 spiro atoms. The SMILES string of the molecule is OBOc1c(O)cccc1Cl. The Hall–Kier alpha value is -0.865. The van der Waals surface area contributed by atoms with E-state index in [1.807, 2.05) is 0 Å². The highest BCUT2D eigenvalue weighted by atomic mass is 35.5. The third-order valence-corrected chi connectivity index (χ3v) is 1.45. The molecule has 11 heavy (non-hydrogen) atoms. The molecule has 0 bridgehead atoms. The highest BCUT2D eigenvalue weighted by Gasteiger charge is 2.05. The van der Waals surface area contributed by atoms with Gasteiger partial charge in [0.1, 0.15) is 0 Å². The van der Waals surface area contributed by atoms with Crippen LogP contribution >= 0.6 is 11.6 Å². The van der Waals surface area contributed by atoms with Gasteiger partial charge in [0.05, 0.1) is 5.02 Å². The standard InChI is InChI=1S/C6H6BClO3/c8-4-2-1-3-5(9)6(4)11-7-10/h1-3,7,9-10H. The summed E-state index contributed by atoms with van der Waals surface area (Å²) in [5.74, 6) is 0.0308. The molecule has 0 aliphatic heterocycles. The van der Waals surface area contributed by atoms with E-state index in [0.29, 0.717) is 0 Å². The molecule has 58 valence electrons. The van der Waals surface area contributed by atoms with Crippen molar-refractivity contribution < 1.29 is 14.8 Å². The van der Waals surface area contributed by atoms with Crippen LogP contribution in [0.2, 0.25) is 5.02 Å². The third kappa shape index (κ3) is 1.79. The predicted molar refractivity (Wildman–Crippen MR) is 43.1 cm³/mol. The maximum absolute atomic E-state index is 9.10. The summed E-state index contributed by atoms with van der Waals surface area (Å²) in [4.78, 5) is 0. The van der Waals surface area contributed by atoms with Crippen LogP contribution in [0, 0.1) is 0 Å². The lowest BCUT2D eigenvalue weighted by atomic mass is 10.3. The molecular weight excluding hydrogens is 166 g/mol. The Kier molecular flexibility index (Phi) is 2.62. The Morgan fingerprint density at radius 3 is 2.73 bits per heavy atom. The minimum atomic E-state index is -0.503. The first-order valence-electron chi connectivity index (χ1n) is 2.97. The van der Waals surface area contributed by atoms with E-state index < -0.39 is 7.69 Å². The van der Waals surface area contributed by atoms with Gasteiger partial charge in [-0.2, -0.15) is 0 Å². The maximum atomic E-state index is 9.10. The number of rotatable bonds is 2. The number of aromatic hydroxyl groups is 1. The summed E-state index contributed by atoms with van der Waals surface area (Å²) in [6, 6.07) is 4.57. The lowest BCUT2D eigenvalue weighted by molar-refractivity contribution is 0.410. The highest BCUT2D eigenvalue weighted by molar-refractivity contribution is 6.33. The molecule has 0 aliphatic rings. The molecule has 0 aromatic heterocycles. The van der Waals surface area contributed by atoms with Gasteiger partial charge < -0.3 is 14.8 Å². The van der Waals surface area contributed by atoms with Gasteiger partial charge >= 0.3 is 7.69 Å². The summed E-state index contributed by atoms with van der Waals surface area (Å²) >= 11 is 5.61. The molecule has 1 aromatic carbocycles. The van der Waals surface area contributed by atoms with Crippen LogP contribution in [-0.2, 0) is 0 Å². The first-order valence-corrected chi connectivity index (χ1v) is 3.34. The summed E-state index contributed by atoms with van der Waals surface area (Å²) in [5, 5.41) is 17.8. The van der Waals surface area contributed by atoms with Gasteiger partial charge in [-0.25, -0.2) is 0 Å². The predicted octanol–water partition coefficient (Wildman–Crippen LogP) is 0.683. The topological polar surface area (TPSA) is 49.7 Å². The molecular formula is C6H6BClO3. The van der Waals surface area contributed by atoms with E-state index in [1.165, 1.54) is 6.07 Å². The molecule has 0 fully saturated rings. The molecule has 0 atom stereocenters. The number of hydrogen-bond donors (Lipinski definition) is 2. The van der Waals surface area contributed by atoms with E-state index in [0.717, 1.165) is 0 Å². The van der Waals surface area contributed by atoms with Crippen LogP contribution in [0.4, 0.5) is 0 Å². The Balaban J connectivity index is 3.00. The van der Waals surface area contributed by atoms with E-state index in [4.69, 9.17) is 21.7 Å². The Bertz CT molecular complexity index is 233. The van der Waals surface area contributed by atoms with Crippen molar-refractivity contribution in [1.82, 2.24) is 0 Å². The number of phenolic OH excluding ortho intramolecular Hbond substituents is 1. The molecule has 0 unspecified atom stereocenters. The van der Waals surface area contributed by atoms with Gasteiger partial charge in [0.15, 0.2) is 11.5 Å². The molecule has 1 aromatic rings. The molecule has 0 aliphatic carbocycles. The highest BCUT2D eigenvalue weighted by Crippen LogP contribution is 2.32. The summed E-state index contributed by atoms with van der Waals surface area (Å²) in [6.45, 7) is 0. The lowest BCUT2D eigenvalue weighted by Gasteiger charge is -2.05. The second-order valence-corrected chi connectivity index (χ2v) is 2.27. The second kappa shape index (κ2) is 3.50. The molecule has 0 saturated heterocycles. The van der Waals surface area contributed by atoms with Crippen molar-refractivity contribution >= 4 is 19.3 Å². The molecule has 1 rings (SSSR count). The summed E-state index contributed by atoms with van der Waals surface area (Å²) < 4.78 is 4.64. The molecule has 0 heterocycles. The van der Waals surface area contributed by atoms with Crippen LogP contribution in [0.3, 0.4) is 0 Å². The molecule has 3 nitrogen and oxygen atoms in total. The van der Waals surface area contributed by atoms with Crippen molar-refractivity contribution in [2.75, 3.05) is 0 Å². The zero-order valence-electron chi connectivity index (χ0n) is 5.62. The largest absolute Gasteiger partial charge is 0.535 e. The van der Waals surface area contributed by atoms with Crippen LogP contribution in [-0.4, -0.2) is 17.8 Å². The lowest BCUT2D eigenvalue weighted by Crippen LogP contribution is -2.00. The van der Waals surface area contributed by atoms with Gasteiger partial charge in [0.2, 0.25) is 0 Å². The zero-order chi connectivity index (χ0) is 8.27. The van der Waals surface area contributed by atoms with Crippen LogP contribution in [0.1, 0.15) is 0 Å². The van der Waals surface area contributed by atoms with Crippen molar-refractivity contribution in [3.05, 3.63) is 23.2 Å². The van der Waals surface area contributed by atoms with Crippen molar-refractivity contribution in [3.63, 3.8) is 0 Å². The van der Waals surface area contributed by atoms with Crippen molar-refractivity contribution in [2.45, 2.75) is 0 Å². The van der Waals surface area contributed by atoms with Gasteiger partial charge in [0.25, 0.3) is 0 Å². The summed E-state index contributed by atoms with van der Waals surface area (Å²) in [5.41, 5.74) is 0. The van der Waals surface area contributed by atoms with E-state index in [9.17, 15) is 0 Å². The zero-order valence-corrected chi connectivity index (χ0v) is 6.38. The van der Waals surface area contributed by atoms with Gasteiger partial charge in [-0.15, -0.1) is 0 Å². The summed E-state index contributed by atoms with van der Waals surface area (Å²) in [7, 11) is -0.503. The van der Waals surface area contributed by atoms with Gasteiger partial charge in [-0.05, 0) is 12.1 Å². The fraction of sp³-hybridized carbons (Fsp3) is 0. The van der Waals surface area contributed by atoms with Crippen LogP contribution in [0.25, 0.3) is 0 Å². The fourth-order valence-electron chi connectivity index (χ4n) is 0.705. The van der Waals surface area contributed by atoms with Crippen molar-refractivity contribution in [1.29, 1.82) is 0 Å². The van der Waals surface area contributed by atoms with Gasteiger partial charge in [-0.3, -0.25) is 0 Å². The number of benzene rings is 1. The molecule has 5 heteroatoms. The number of phenols is 1. The maximum Gasteiger partial charge on any atom is 0.504 e. The molecule has 0 amide bonds. The average molecular weight is 172 g/mol. The minimum Gasteiger partial charge on any atom is -0.535 e. The molecule has 2 N–H and O–H groups in total. The number of halogens is 1. The van der Waals surface area contributed by atoms with Crippen molar-refractivity contribution in [2.24, 2.45) is 0 Å². The van der Waals surface area contributed by atoms with Crippen molar-refractivity contribution in [3.8, 4) is 11.5 Å². The van der Waals surface area contributed by atoms with E-state index >= 15 is 0 Å². The second-order valence-electron chi connectivity index (χ2n) is 1.86. The molecule has 0 radical (unpaired) electrons. The van der Waals surface area contributed by atoms with E-state index in [2.05, 4.69) is 4.65 Å². The Morgan fingerprint density at radius 2 is 2.18 bits per heavy atom. The Morgan fingerprint density at radius 1 is 1.45 bits per heavy atom. The van der Waals surface area contributed by atoms with Crippen LogP contribution < -0.4 is 4.65 Å². The smallest absolute Gasteiger partial charge is 0.504 e. The number of hydrogen-bond acceptors (Lipinski definition) is 3. The minimum absolute atomic E-state index is 0.0773. The third-order valence-electron chi connectivity index (χ3n) is 1.16. The van der Waals surface area contributed by atoms with E-state index in [-0.39, 0.29) is 16.5 Å². The monoisotopic (exact) mass is 172 g/mol. The summed E-state index contributed by atoms with van der Waals surface area (Å²) in [6.07, 6.45) is 0. The van der Waals surface area contributed by atoms with Gasteiger partial charge in [-0.1, -0.05) is 17.7 Å². The fourth-order valence-corrected chi connectivity index (χ4v) is 0.929. The number of para-hydroxylation sites is 1. The first kappa shape index (κ1) is 8.23. The van der Waals surface area contributed by atoms with Crippen LogP contribution in [0.5, 0.6) is 11.5 Å². The average Bonchev–Trinajstić information content (AvgIpc) is 1.97. The van der Waals surface area contributed by atoms with Gasteiger partial charge in [0, 0.05) is 0 Å². The first-order chi connectivity index (χ1) is 5.25. The quantitative estimate of drug-likeness (QED) is 0.645.